The largest absolute Gasteiger partial charge is 0.338 e. The van der Waals surface area contributed by atoms with Crippen LogP contribution in [0.1, 0.15) is 38.5 Å². The van der Waals surface area contributed by atoms with Crippen LogP contribution < -0.4 is 0 Å². The van der Waals surface area contributed by atoms with Crippen LogP contribution in [0, 0.1) is 11.8 Å². The molecule has 158 valence electrons. The zero-order valence-electron chi connectivity index (χ0n) is 17.5. The van der Waals surface area contributed by atoms with Crippen molar-refractivity contribution in [1.82, 2.24) is 14.4 Å². The Bertz CT molecular complexity index is 1010. The van der Waals surface area contributed by atoms with Gasteiger partial charge in [-0.3, -0.25) is 9.69 Å². The van der Waals surface area contributed by atoms with Crippen LogP contribution in [0.15, 0.2) is 42.1 Å². The Hall–Kier alpha value is -1.78. The van der Waals surface area contributed by atoms with Gasteiger partial charge in [0.1, 0.15) is 6.54 Å². The molecule has 4 atom stereocenters. The number of hydrogen-bond donors (Lipinski definition) is 0. The fraction of sp³-hybridized carbons (Fsp3) is 0.560. The van der Waals surface area contributed by atoms with Crippen LogP contribution in [0.25, 0.3) is 10.9 Å². The first kappa shape index (κ1) is 18.9. The van der Waals surface area contributed by atoms with Crippen molar-refractivity contribution in [2.75, 3.05) is 19.6 Å². The predicted molar refractivity (Wildman–Crippen MR) is 121 cm³/mol. The normalized spacial score (nSPS) is 31.2. The van der Waals surface area contributed by atoms with Gasteiger partial charge in [-0.15, -0.1) is 0 Å². The molecule has 2 aromatic rings. The third-order valence-electron chi connectivity index (χ3n) is 8.02. The number of likely N-dealkylation sites (tertiary alicyclic amines) is 1. The number of aromatic nitrogens is 1. The minimum atomic E-state index is 0.252. The van der Waals surface area contributed by atoms with Crippen molar-refractivity contribution in [3.05, 3.63) is 47.1 Å². The van der Waals surface area contributed by atoms with Crippen LogP contribution in [0.4, 0.5) is 0 Å². The summed E-state index contributed by atoms with van der Waals surface area (Å²) in [7, 11) is 0. The first-order valence-corrected chi connectivity index (χ1v) is 12.0. The van der Waals surface area contributed by atoms with Gasteiger partial charge in [-0.1, -0.05) is 35.7 Å². The molecule has 0 saturated carbocycles. The maximum absolute atomic E-state index is 13.5. The van der Waals surface area contributed by atoms with Gasteiger partial charge in [-0.05, 0) is 74.1 Å². The van der Waals surface area contributed by atoms with Crippen LogP contribution in [0.5, 0.6) is 0 Å². The number of amides is 1. The second kappa shape index (κ2) is 7.42. The summed E-state index contributed by atoms with van der Waals surface area (Å²) in [6, 6.07) is 9.05. The van der Waals surface area contributed by atoms with E-state index in [-0.39, 0.29) is 5.91 Å². The number of rotatable bonds is 2. The molecule has 5 heteroatoms. The summed E-state index contributed by atoms with van der Waals surface area (Å²) in [6.07, 6.45) is 12.2. The summed E-state index contributed by atoms with van der Waals surface area (Å²) in [5, 5.41) is 1.85. The molecule has 4 nitrogen and oxygen atoms in total. The van der Waals surface area contributed by atoms with Crippen LogP contribution in [-0.4, -0.2) is 52.0 Å². The van der Waals surface area contributed by atoms with Gasteiger partial charge < -0.3 is 9.47 Å². The van der Waals surface area contributed by atoms with E-state index in [1.807, 2.05) is 24.4 Å². The number of piperidine rings is 3. The van der Waals surface area contributed by atoms with Crippen molar-refractivity contribution in [1.29, 1.82) is 0 Å². The predicted octanol–water partition coefficient (Wildman–Crippen LogP) is 4.72. The number of carbonyl (C=O) groups excluding carboxylic acids is 1. The lowest BCUT2D eigenvalue weighted by Crippen LogP contribution is -2.60. The molecule has 4 heterocycles. The minimum Gasteiger partial charge on any atom is -0.338 e. The molecular formula is C25H30ClN3O. The molecule has 3 fully saturated rings. The molecule has 2 bridgehead atoms. The van der Waals surface area contributed by atoms with Crippen molar-refractivity contribution >= 4 is 28.4 Å². The Morgan fingerprint density at radius 2 is 2.07 bits per heavy atom. The van der Waals surface area contributed by atoms with E-state index in [0.29, 0.717) is 24.4 Å². The summed E-state index contributed by atoms with van der Waals surface area (Å²) >= 11 is 6.22. The van der Waals surface area contributed by atoms with Crippen molar-refractivity contribution in [2.45, 2.75) is 57.2 Å². The van der Waals surface area contributed by atoms with Gasteiger partial charge in [0.2, 0.25) is 5.91 Å². The lowest BCUT2D eigenvalue weighted by molar-refractivity contribution is -0.136. The minimum absolute atomic E-state index is 0.252. The number of carbonyl (C=O) groups is 1. The number of halogens is 1. The standard InChI is InChI=1S/C25H30ClN3O/c26-21-7-6-17-8-11-28(23(17)14-21)16-24(30)29-10-3-4-18-12-19-13-20(25(18)29)15-27-9-2-1-5-22(19)27/h6-8,11-12,14,19-20,22,25H,1-5,9-10,13,15-16H2/t19-,20+,22-,25-/m1/s1. The maximum Gasteiger partial charge on any atom is 0.243 e. The lowest BCUT2D eigenvalue weighted by Gasteiger charge is -2.54. The lowest BCUT2D eigenvalue weighted by atomic mass is 9.68. The number of fused-ring (bicyclic) bond motifs is 7. The summed E-state index contributed by atoms with van der Waals surface area (Å²) in [4.78, 5) is 18.5. The van der Waals surface area contributed by atoms with E-state index < -0.39 is 0 Å². The van der Waals surface area contributed by atoms with Crippen LogP contribution in [-0.2, 0) is 11.3 Å². The second-order valence-electron chi connectivity index (χ2n) is 9.74. The molecule has 1 aromatic carbocycles. The number of nitrogens with zero attached hydrogens (tertiary/aromatic N) is 3. The molecule has 6 rings (SSSR count). The molecule has 1 amide bonds. The average Bonchev–Trinajstić information content (AvgIpc) is 3.15. The molecule has 0 radical (unpaired) electrons. The quantitative estimate of drug-likeness (QED) is 0.654. The molecule has 3 saturated heterocycles. The Morgan fingerprint density at radius 3 is 3.00 bits per heavy atom. The van der Waals surface area contributed by atoms with Gasteiger partial charge >= 0.3 is 0 Å². The maximum atomic E-state index is 13.5. The molecule has 4 aliphatic rings. The Morgan fingerprint density at radius 1 is 1.13 bits per heavy atom. The van der Waals surface area contributed by atoms with Gasteiger partial charge in [0.15, 0.2) is 0 Å². The molecule has 30 heavy (non-hydrogen) atoms. The molecule has 1 aliphatic carbocycles. The summed E-state index contributed by atoms with van der Waals surface area (Å²) in [5.41, 5.74) is 2.60. The molecule has 1 aromatic heterocycles. The summed E-state index contributed by atoms with van der Waals surface area (Å²) in [5.74, 6) is 1.56. The van der Waals surface area contributed by atoms with Crippen molar-refractivity contribution in [3.63, 3.8) is 0 Å². The SMILES string of the molecule is O=C(Cn1ccc2ccc(Cl)cc21)N1CCCC2=C[C@@H]3C[C@@H](CN4CCCC[C@H]34)[C@@H]21. The van der Waals surface area contributed by atoms with E-state index in [9.17, 15) is 4.79 Å². The Balaban J connectivity index is 1.27. The van der Waals surface area contributed by atoms with Gasteiger partial charge in [0, 0.05) is 35.9 Å². The van der Waals surface area contributed by atoms with E-state index >= 15 is 0 Å². The second-order valence-corrected chi connectivity index (χ2v) is 10.2. The van der Waals surface area contributed by atoms with E-state index in [1.165, 1.54) is 45.2 Å². The van der Waals surface area contributed by atoms with Crippen molar-refractivity contribution in [2.24, 2.45) is 11.8 Å². The molecule has 0 spiro atoms. The Labute approximate surface area is 183 Å². The molecular weight excluding hydrogens is 394 g/mol. The molecule has 3 aliphatic heterocycles. The monoisotopic (exact) mass is 423 g/mol. The smallest absolute Gasteiger partial charge is 0.243 e. The average molecular weight is 424 g/mol. The fourth-order valence-corrected chi connectivity index (χ4v) is 6.95. The van der Waals surface area contributed by atoms with Gasteiger partial charge in [0.05, 0.1) is 6.04 Å². The topological polar surface area (TPSA) is 28.5 Å². The van der Waals surface area contributed by atoms with Gasteiger partial charge in [0.25, 0.3) is 0 Å². The highest BCUT2D eigenvalue weighted by atomic mass is 35.5. The van der Waals surface area contributed by atoms with Gasteiger partial charge in [-0.2, -0.15) is 0 Å². The van der Waals surface area contributed by atoms with E-state index in [4.69, 9.17) is 11.6 Å². The molecule has 0 N–H and O–H groups in total. The van der Waals surface area contributed by atoms with Crippen molar-refractivity contribution < 1.29 is 4.79 Å². The van der Waals surface area contributed by atoms with E-state index in [2.05, 4.69) is 26.5 Å². The number of benzene rings is 1. The first-order valence-electron chi connectivity index (χ1n) is 11.7. The summed E-state index contributed by atoms with van der Waals surface area (Å²) < 4.78 is 2.06. The van der Waals surface area contributed by atoms with Crippen LogP contribution in [0.2, 0.25) is 5.02 Å². The van der Waals surface area contributed by atoms with Gasteiger partial charge in [-0.25, -0.2) is 0 Å². The highest BCUT2D eigenvalue weighted by Gasteiger charge is 2.46. The first-order chi connectivity index (χ1) is 14.7. The number of hydrogen-bond acceptors (Lipinski definition) is 2. The zero-order chi connectivity index (χ0) is 20.2. The van der Waals surface area contributed by atoms with Crippen LogP contribution >= 0.6 is 11.6 Å². The highest BCUT2D eigenvalue weighted by Crippen LogP contribution is 2.45. The van der Waals surface area contributed by atoms with E-state index in [0.717, 1.165) is 34.9 Å². The Kier molecular flexibility index (Phi) is 4.69. The fourth-order valence-electron chi connectivity index (χ4n) is 6.78. The van der Waals surface area contributed by atoms with Crippen LogP contribution in [0.3, 0.4) is 0 Å². The third-order valence-corrected chi connectivity index (χ3v) is 8.25. The third kappa shape index (κ3) is 3.11. The summed E-state index contributed by atoms with van der Waals surface area (Å²) in [6.45, 7) is 3.72. The molecule has 0 unspecified atom stereocenters. The van der Waals surface area contributed by atoms with E-state index in [1.54, 1.807) is 5.57 Å². The van der Waals surface area contributed by atoms with Crippen molar-refractivity contribution in [3.8, 4) is 0 Å². The zero-order valence-corrected chi connectivity index (χ0v) is 18.2. The highest BCUT2D eigenvalue weighted by molar-refractivity contribution is 6.31.